The Balaban J connectivity index is 1.56. The van der Waals surface area contributed by atoms with Crippen LogP contribution in [0.25, 0.3) is 0 Å². The number of piperazine rings is 1. The summed E-state index contributed by atoms with van der Waals surface area (Å²) in [4.78, 5) is 14.3. The summed E-state index contributed by atoms with van der Waals surface area (Å²) in [5.74, 6) is 0.338. The molecule has 7 heteroatoms. The van der Waals surface area contributed by atoms with Crippen molar-refractivity contribution in [2.45, 2.75) is 31.4 Å². The minimum absolute atomic E-state index is 0.0270. The summed E-state index contributed by atoms with van der Waals surface area (Å²) >= 11 is 5.83. The fourth-order valence-electron chi connectivity index (χ4n) is 3.50. The van der Waals surface area contributed by atoms with Crippen LogP contribution in [0.4, 0.5) is 0 Å². The Morgan fingerprint density at radius 1 is 1.04 bits per heavy atom. The number of hydrogen-bond acceptors (Lipinski definition) is 3. The van der Waals surface area contributed by atoms with Crippen LogP contribution in [-0.2, 0) is 20.6 Å². The molecule has 0 N–H and O–H groups in total. The molecule has 1 aromatic carbocycles. The first-order chi connectivity index (χ1) is 11.5. The molecule has 1 aliphatic heterocycles. The third-order valence-corrected chi connectivity index (χ3v) is 7.01. The number of benzene rings is 1. The molecule has 5 nitrogen and oxygen atoms in total. The Morgan fingerprint density at radius 2 is 1.62 bits per heavy atom. The molecular formula is C17H23ClN2O3S. The van der Waals surface area contributed by atoms with Crippen LogP contribution >= 0.6 is 11.6 Å². The van der Waals surface area contributed by atoms with Crippen molar-refractivity contribution < 1.29 is 13.2 Å². The maximum atomic E-state index is 12.6. The fourth-order valence-corrected chi connectivity index (χ4v) is 5.14. The van der Waals surface area contributed by atoms with Gasteiger partial charge in [-0.3, -0.25) is 4.79 Å². The molecule has 1 amide bonds. The normalized spacial score (nSPS) is 20.5. The molecule has 2 fully saturated rings. The lowest BCUT2D eigenvalue weighted by Gasteiger charge is -2.35. The monoisotopic (exact) mass is 370 g/mol. The number of carbonyl (C=O) groups excluding carboxylic acids is 1. The Labute approximate surface area is 148 Å². The van der Waals surface area contributed by atoms with Crippen molar-refractivity contribution in [2.24, 2.45) is 5.92 Å². The zero-order valence-corrected chi connectivity index (χ0v) is 15.2. The third kappa shape index (κ3) is 4.10. The van der Waals surface area contributed by atoms with E-state index in [-0.39, 0.29) is 17.6 Å². The molecule has 1 aromatic rings. The molecule has 1 aliphatic carbocycles. The zero-order valence-electron chi connectivity index (χ0n) is 13.7. The van der Waals surface area contributed by atoms with Crippen LogP contribution in [-0.4, -0.2) is 49.7 Å². The Hall–Kier alpha value is -1.11. The zero-order chi connectivity index (χ0) is 17.2. The molecule has 1 saturated carbocycles. The van der Waals surface area contributed by atoms with Gasteiger partial charge in [-0.25, -0.2) is 8.42 Å². The first-order valence-electron chi connectivity index (χ1n) is 8.47. The Bertz CT molecular complexity index is 676. The molecule has 3 rings (SSSR count). The van der Waals surface area contributed by atoms with Gasteiger partial charge in [-0.05, 0) is 30.5 Å². The van der Waals surface area contributed by atoms with Crippen LogP contribution in [0.5, 0.6) is 0 Å². The highest BCUT2D eigenvalue weighted by atomic mass is 35.5. The minimum atomic E-state index is -3.37. The first kappa shape index (κ1) is 17.7. The van der Waals surface area contributed by atoms with Gasteiger partial charge in [0.15, 0.2) is 0 Å². The summed E-state index contributed by atoms with van der Waals surface area (Å²) in [6.45, 7) is 1.76. The largest absolute Gasteiger partial charge is 0.340 e. The van der Waals surface area contributed by atoms with E-state index in [0.29, 0.717) is 31.2 Å². The molecule has 0 unspecified atom stereocenters. The van der Waals surface area contributed by atoms with E-state index in [1.54, 1.807) is 24.3 Å². The number of amides is 1. The average Bonchev–Trinajstić information content (AvgIpc) is 3.11. The van der Waals surface area contributed by atoms with E-state index in [2.05, 4.69) is 0 Å². The van der Waals surface area contributed by atoms with Crippen LogP contribution in [0.15, 0.2) is 24.3 Å². The molecule has 1 saturated heterocycles. The summed E-state index contributed by atoms with van der Waals surface area (Å²) in [6.07, 6.45) is 4.22. The number of hydrogen-bond donors (Lipinski definition) is 0. The van der Waals surface area contributed by atoms with Crippen molar-refractivity contribution in [1.29, 1.82) is 0 Å². The van der Waals surface area contributed by atoms with E-state index in [9.17, 15) is 13.2 Å². The van der Waals surface area contributed by atoms with Crippen LogP contribution < -0.4 is 0 Å². The summed E-state index contributed by atoms with van der Waals surface area (Å²) in [5, 5.41) is 0.593. The molecule has 0 spiro atoms. The highest BCUT2D eigenvalue weighted by molar-refractivity contribution is 7.88. The SMILES string of the molecule is O=C(C1CCCC1)N1CCN(S(=O)(=O)Cc2ccc(Cl)cc2)CC1. The van der Waals surface area contributed by atoms with E-state index in [1.807, 2.05) is 4.90 Å². The molecule has 132 valence electrons. The van der Waals surface area contributed by atoms with Gasteiger partial charge in [0.05, 0.1) is 5.75 Å². The predicted octanol–water partition coefficient (Wildman–Crippen LogP) is 2.50. The number of carbonyl (C=O) groups is 1. The van der Waals surface area contributed by atoms with Crippen LogP contribution in [0.3, 0.4) is 0 Å². The van der Waals surface area contributed by atoms with Gasteiger partial charge >= 0.3 is 0 Å². The lowest BCUT2D eigenvalue weighted by atomic mass is 10.1. The van der Waals surface area contributed by atoms with E-state index < -0.39 is 10.0 Å². The molecule has 2 aliphatic rings. The molecule has 24 heavy (non-hydrogen) atoms. The van der Waals surface area contributed by atoms with Gasteiger partial charge in [-0.1, -0.05) is 36.6 Å². The molecule has 1 heterocycles. The van der Waals surface area contributed by atoms with E-state index in [0.717, 1.165) is 31.2 Å². The number of nitrogens with zero attached hydrogens (tertiary/aromatic N) is 2. The second-order valence-corrected chi connectivity index (χ2v) is 8.99. The third-order valence-electron chi connectivity index (χ3n) is 4.91. The quantitative estimate of drug-likeness (QED) is 0.818. The van der Waals surface area contributed by atoms with Gasteiger partial charge in [-0.15, -0.1) is 0 Å². The summed E-state index contributed by atoms with van der Waals surface area (Å²) in [7, 11) is -3.37. The summed E-state index contributed by atoms with van der Waals surface area (Å²) in [6, 6.07) is 6.87. The first-order valence-corrected chi connectivity index (χ1v) is 10.5. The second-order valence-electron chi connectivity index (χ2n) is 6.59. The second kappa shape index (κ2) is 7.42. The summed E-state index contributed by atoms with van der Waals surface area (Å²) in [5.41, 5.74) is 0.726. The van der Waals surface area contributed by atoms with Crippen molar-refractivity contribution in [3.05, 3.63) is 34.9 Å². The van der Waals surface area contributed by atoms with Crippen LogP contribution in [0.1, 0.15) is 31.2 Å². The fraction of sp³-hybridized carbons (Fsp3) is 0.588. The average molecular weight is 371 g/mol. The topological polar surface area (TPSA) is 57.7 Å². The Morgan fingerprint density at radius 3 is 2.21 bits per heavy atom. The van der Waals surface area contributed by atoms with Crippen molar-refractivity contribution >= 4 is 27.5 Å². The maximum Gasteiger partial charge on any atom is 0.225 e. The molecule has 0 atom stereocenters. The molecule has 0 bridgehead atoms. The van der Waals surface area contributed by atoms with E-state index in [4.69, 9.17) is 11.6 Å². The van der Waals surface area contributed by atoms with Crippen molar-refractivity contribution in [2.75, 3.05) is 26.2 Å². The van der Waals surface area contributed by atoms with E-state index in [1.165, 1.54) is 4.31 Å². The molecule has 0 aromatic heterocycles. The lowest BCUT2D eigenvalue weighted by molar-refractivity contribution is -0.136. The van der Waals surface area contributed by atoms with Crippen molar-refractivity contribution in [3.8, 4) is 0 Å². The van der Waals surface area contributed by atoms with Crippen molar-refractivity contribution in [1.82, 2.24) is 9.21 Å². The lowest BCUT2D eigenvalue weighted by Crippen LogP contribution is -2.51. The van der Waals surface area contributed by atoms with Gasteiger partial charge in [-0.2, -0.15) is 4.31 Å². The van der Waals surface area contributed by atoms with E-state index >= 15 is 0 Å². The highest BCUT2D eigenvalue weighted by Gasteiger charge is 2.32. The number of rotatable bonds is 4. The van der Waals surface area contributed by atoms with Crippen LogP contribution in [0.2, 0.25) is 5.02 Å². The highest BCUT2D eigenvalue weighted by Crippen LogP contribution is 2.27. The minimum Gasteiger partial charge on any atom is -0.340 e. The van der Waals surface area contributed by atoms with Gasteiger partial charge in [0, 0.05) is 37.1 Å². The van der Waals surface area contributed by atoms with Gasteiger partial charge in [0.25, 0.3) is 0 Å². The Kier molecular flexibility index (Phi) is 5.47. The van der Waals surface area contributed by atoms with Gasteiger partial charge in [0.1, 0.15) is 0 Å². The van der Waals surface area contributed by atoms with Crippen LogP contribution in [0, 0.1) is 5.92 Å². The number of halogens is 1. The maximum absolute atomic E-state index is 12.6. The van der Waals surface area contributed by atoms with Gasteiger partial charge in [0.2, 0.25) is 15.9 Å². The molecular weight excluding hydrogens is 348 g/mol. The smallest absolute Gasteiger partial charge is 0.225 e. The van der Waals surface area contributed by atoms with Gasteiger partial charge < -0.3 is 4.90 Å². The van der Waals surface area contributed by atoms with Crippen molar-refractivity contribution in [3.63, 3.8) is 0 Å². The number of sulfonamides is 1. The predicted molar refractivity (Wildman–Crippen MR) is 94.2 cm³/mol. The summed E-state index contributed by atoms with van der Waals surface area (Å²) < 4.78 is 26.6. The molecule has 0 radical (unpaired) electrons. The standard InChI is InChI=1S/C17H23ClN2O3S/c18-16-7-5-14(6-8-16)13-24(22,23)20-11-9-19(10-12-20)17(21)15-3-1-2-4-15/h5-8,15H,1-4,9-13H2.